The third kappa shape index (κ3) is 4.14. The van der Waals surface area contributed by atoms with Gasteiger partial charge in [-0.25, -0.2) is 0 Å². The molecule has 1 heterocycles. The van der Waals surface area contributed by atoms with Gasteiger partial charge in [0.15, 0.2) is 5.78 Å². The van der Waals surface area contributed by atoms with Crippen molar-refractivity contribution in [3.8, 4) is 0 Å². The van der Waals surface area contributed by atoms with Crippen LogP contribution in [0.3, 0.4) is 0 Å². The molecule has 1 amide bonds. The summed E-state index contributed by atoms with van der Waals surface area (Å²) in [6.07, 6.45) is 3.46. The molecule has 0 bridgehead atoms. The van der Waals surface area contributed by atoms with Gasteiger partial charge in [0.25, 0.3) is 0 Å². The number of amides is 1. The van der Waals surface area contributed by atoms with Gasteiger partial charge in [0.2, 0.25) is 5.91 Å². The zero-order chi connectivity index (χ0) is 17.8. The van der Waals surface area contributed by atoms with Gasteiger partial charge < -0.3 is 5.32 Å². The molecular weight excluding hydrogens is 338 g/mol. The number of benzene rings is 2. The summed E-state index contributed by atoms with van der Waals surface area (Å²) in [6, 6.07) is 13.7. The van der Waals surface area contributed by atoms with Crippen LogP contribution in [-0.4, -0.2) is 21.5 Å². The van der Waals surface area contributed by atoms with Crippen LogP contribution in [0.5, 0.6) is 0 Å². The molecule has 0 spiro atoms. The van der Waals surface area contributed by atoms with Crippen molar-refractivity contribution in [1.82, 2.24) is 9.78 Å². The number of anilines is 1. The molecule has 25 heavy (non-hydrogen) atoms. The zero-order valence-corrected chi connectivity index (χ0v) is 14.3. The Hall–Kier alpha value is -2.92. The second kappa shape index (κ2) is 7.32. The first-order valence-electron chi connectivity index (χ1n) is 7.71. The normalized spacial score (nSPS) is 10.5. The van der Waals surface area contributed by atoms with Crippen LogP contribution in [0.4, 0.5) is 5.69 Å². The maximum absolute atomic E-state index is 12.7. The average Bonchev–Trinajstić information content (AvgIpc) is 3.01. The molecule has 0 saturated heterocycles. The fourth-order valence-electron chi connectivity index (χ4n) is 2.45. The molecule has 5 nitrogen and oxygen atoms in total. The minimum atomic E-state index is -0.271. The number of nitrogens with zero attached hydrogens (tertiary/aromatic N) is 2. The van der Waals surface area contributed by atoms with Crippen LogP contribution in [-0.2, 0) is 11.3 Å². The first kappa shape index (κ1) is 16.9. The predicted molar refractivity (Wildman–Crippen MR) is 96.9 cm³/mol. The second-order valence-electron chi connectivity index (χ2n) is 5.65. The molecule has 3 aromatic rings. The molecule has 2 aromatic carbocycles. The Kier molecular flexibility index (Phi) is 4.95. The smallest absolute Gasteiger partial charge is 0.246 e. The van der Waals surface area contributed by atoms with E-state index < -0.39 is 0 Å². The van der Waals surface area contributed by atoms with Crippen LogP contribution in [0.15, 0.2) is 60.9 Å². The molecule has 0 aliphatic heterocycles. The Labute approximate surface area is 150 Å². The summed E-state index contributed by atoms with van der Waals surface area (Å²) in [5.41, 5.74) is 2.28. The second-order valence-corrected chi connectivity index (χ2v) is 6.08. The number of ketones is 1. The van der Waals surface area contributed by atoms with Crippen LogP contribution < -0.4 is 5.32 Å². The summed E-state index contributed by atoms with van der Waals surface area (Å²) in [7, 11) is 0. The highest BCUT2D eigenvalue weighted by molar-refractivity contribution is 6.31. The van der Waals surface area contributed by atoms with Gasteiger partial charge in [-0.3, -0.25) is 14.3 Å². The van der Waals surface area contributed by atoms with Crippen LogP contribution in [0, 0.1) is 6.92 Å². The van der Waals surface area contributed by atoms with E-state index in [0.29, 0.717) is 21.8 Å². The first-order chi connectivity index (χ1) is 12.0. The lowest BCUT2D eigenvalue weighted by molar-refractivity contribution is -0.116. The highest BCUT2D eigenvalue weighted by Gasteiger charge is 2.16. The summed E-state index contributed by atoms with van der Waals surface area (Å²) >= 11 is 6.04. The van der Waals surface area contributed by atoms with E-state index in [-0.39, 0.29) is 18.2 Å². The molecule has 0 saturated carbocycles. The topological polar surface area (TPSA) is 64.0 Å². The SMILES string of the molecule is Cc1cnn(CC(=O)Nc2ccc(Cl)cc2C(=O)c2ccccc2)c1. The van der Waals surface area contributed by atoms with E-state index in [2.05, 4.69) is 10.4 Å². The molecule has 0 aliphatic rings. The van der Waals surface area contributed by atoms with E-state index in [9.17, 15) is 9.59 Å². The van der Waals surface area contributed by atoms with Crippen molar-refractivity contribution in [2.75, 3.05) is 5.32 Å². The molecule has 1 N–H and O–H groups in total. The molecule has 0 radical (unpaired) electrons. The number of carbonyl (C=O) groups is 2. The van der Waals surface area contributed by atoms with Crippen LogP contribution in [0.25, 0.3) is 0 Å². The summed E-state index contributed by atoms with van der Waals surface area (Å²) in [5, 5.41) is 7.28. The zero-order valence-electron chi connectivity index (χ0n) is 13.6. The van der Waals surface area contributed by atoms with Gasteiger partial charge in [0, 0.05) is 22.3 Å². The number of aromatic nitrogens is 2. The van der Waals surface area contributed by atoms with Gasteiger partial charge in [-0.15, -0.1) is 0 Å². The van der Waals surface area contributed by atoms with E-state index in [1.54, 1.807) is 59.5 Å². The minimum Gasteiger partial charge on any atom is -0.324 e. The van der Waals surface area contributed by atoms with Gasteiger partial charge >= 0.3 is 0 Å². The predicted octanol–water partition coefficient (Wildman–Crippen LogP) is 3.71. The van der Waals surface area contributed by atoms with Gasteiger partial charge in [0.1, 0.15) is 6.54 Å². The van der Waals surface area contributed by atoms with Gasteiger partial charge in [0.05, 0.1) is 11.9 Å². The largest absolute Gasteiger partial charge is 0.324 e. The molecule has 0 aliphatic carbocycles. The minimum absolute atomic E-state index is 0.0649. The Balaban J connectivity index is 1.84. The monoisotopic (exact) mass is 353 g/mol. The maximum Gasteiger partial charge on any atom is 0.246 e. The van der Waals surface area contributed by atoms with E-state index >= 15 is 0 Å². The fourth-order valence-corrected chi connectivity index (χ4v) is 2.62. The van der Waals surface area contributed by atoms with E-state index in [1.165, 1.54) is 0 Å². The number of hydrogen-bond acceptors (Lipinski definition) is 3. The fraction of sp³-hybridized carbons (Fsp3) is 0.105. The highest BCUT2D eigenvalue weighted by atomic mass is 35.5. The molecular formula is C19H16ClN3O2. The standard InChI is InChI=1S/C19H16ClN3O2/c1-13-10-21-23(11-13)12-18(24)22-17-8-7-15(20)9-16(17)19(25)14-5-3-2-4-6-14/h2-11H,12H2,1H3,(H,22,24). The van der Waals surface area contributed by atoms with Crippen molar-refractivity contribution >= 4 is 29.0 Å². The quantitative estimate of drug-likeness (QED) is 0.711. The van der Waals surface area contributed by atoms with Crippen LogP contribution >= 0.6 is 11.6 Å². The van der Waals surface area contributed by atoms with Crippen molar-refractivity contribution in [3.63, 3.8) is 0 Å². The molecule has 1 aromatic heterocycles. The molecule has 0 unspecified atom stereocenters. The van der Waals surface area contributed by atoms with E-state index in [1.807, 2.05) is 13.0 Å². The molecule has 0 atom stereocenters. The summed E-state index contributed by atoms with van der Waals surface area (Å²) in [4.78, 5) is 25.0. The average molecular weight is 354 g/mol. The lowest BCUT2D eigenvalue weighted by atomic mass is 10.0. The van der Waals surface area contributed by atoms with Crippen molar-refractivity contribution in [3.05, 3.63) is 82.6 Å². The number of nitrogens with one attached hydrogen (secondary N) is 1. The maximum atomic E-state index is 12.7. The Morgan fingerprint density at radius 3 is 2.60 bits per heavy atom. The molecule has 6 heteroatoms. The number of aryl methyl sites for hydroxylation is 1. The van der Waals surface area contributed by atoms with Crippen LogP contribution in [0.2, 0.25) is 5.02 Å². The Morgan fingerprint density at radius 2 is 1.92 bits per heavy atom. The van der Waals surface area contributed by atoms with E-state index in [0.717, 1.165) is 5.56 Å². The van der Waals surface area contributed by atoms with Crippen molar-refractivity contribution in [2.45, 2.75) is 13.5 Å². The number of carbonyl (C=O) groups excluding carboxylic acids is 2. The van der Waals surface area contributed by atoms with Crippen molar-refractivity contribution < 1.29 is 9.59 Å². The van der Waals surface area contributed by atoms with Crippen molar-refractivity contribution in [1.29, 1.82) is 0 Å². The van der Waals surface area contributed by atoms with Gasteiger partial charge in [-0.05, 0) is 30.7 Å². The number of halogens is 1. The summed E-state index contributed by atoms with van der Waals surface area (Å²) in [6.45, 7) is 1.96. The lowest BCUT2D eigenvalue weighted by Crippen LogP contribution is -2.20. The third-order valence-electron chi connectivity index (χ3n) is 3.60. The first-order valence-corrected chi connectivity index (χ1v) is 8.09. The summed E-state index contributed by atoms with van der Waals surface area (Å²) < 4.78 is 1.54. The molecule has 3 rings (SSSR count). The van der Waals surface area contributed by atoms with Crippen LogP contribution in [0.1, 0.15) is 21.5 Å². The lowest BCUT2D eigenvalue weighted by Gasteiger charge is -2.11. The highest BCUT2D eigenvalue weighted by Crippen LogP contribution is 2.23. The van der Waals surface area contributed by atoms with Gasteiger partial charge in [-0.1, -0.05) is 41.9 Å². The Bertz CT molecular complexity index is 919. The van der Waals surface area contributed by atoms with Gasteiger partial charge in [-0.2, -0.15) is 5.10 Å². The Morgan fingerprint density at radius 1 is 1.16 bits per heavy atom. The summed E-state index contributed by atoms with van der Waals surface area (Å²) in [5.74, 6) is -0.471. The van der Waals surface area contributed by atoms with Crippen molar-refractivity contribution in [2.24, 2.45) is 0 Å². The number of rotatable bonds is 5. The molecule has 0 fully saturated rings. The van der Waals surface area contributed by atoms with E-state index in [4.69, 9.17) is 11.6 Å². The molecule has 126 valence electrons. The number of hydrogen-bond donors (Lipinski definition) is 1. The third-order valence-corrected chi connectivity index (χ3v) is 3.84.